The quantitative estimate of drug-likeness (QED) is 0.410. The molecule has 1 aromatic rings. The van der Waals surface area contributed by atoms with Crippen molar-refractivity contribution in [1.29, 1.82) is 0 Å². The highest BCUT2D eigenvalue weighted by atomic mass is 16.7. The zero-order valence-corrected chi connectivity index (χ0v) is 7.53. The van der Waals surface area contributed by atoms with Gasteiger partial charge in [-0.3, -0.25) is 4.79 Å². The van der Waals surface area contributed by atoms with Crippen molar-refractivity contribution in [3.8, 4) is 11.5 Å². The fraction of sp³-hybridized carbons (Fsp3) is 0.125. The molecule has 5 heteroatoms. The van der Waals surface area contributed by atoms with Crippen LogP contribution in [0, 0.1) is 0 Å². The van der Waals surface area contributed by atoms with E-state index in [0.29, 0.717) is 17.1 Å². The van der Waals surface area contributed by atoms with Gasteiger partial charge in [-0.1, -0.05) is 0 Å². The maximum Gasteiger partial charge on any atom is 0.197 e. The molecule has 1 heterocycles. The molecule has 0 saturated heterocycles. The molecule has 13 heavy (non-hydrogen) atoms. The number of rotatable bonds is 1. The number of benzene rings is 1. The van der Waals surface area contributed by atoms with Crippen molar-refractivity contribution in [2.24, 2.45) is 0 Å². The molecular formula is C8H8B2O3. The highest BCUT2D eigenvalue weighted by molar-refractivity contribution is 6.38. The van der Waals surface area contributed by atoms with E-state index in [-0.39, 0.29) is 0 Å². The highest BCUT2D eigenvalue weighted by Gasteiger charge is 2.30. The second kappa shape index (κ2) is 2.55. The Bertz CT molecular complexity index is 362. The van der Waals surface area contributed by atoms with E-state index in [0.717, 1.165) is 6.29 Å². The SMILES string of the molecule is BC1(B)Oc2ccc(C=O)cc2O1. The van der Waals surface area contributed by atoms with Gasteiger partial charge >= 0.3 is 0 Å². The minimum Gasteiger partial charge on any atom is -0.467 e. The van der Waals surface area contributed by atoms with Crippen LogP contribution in [0.1, 0.15) is 10.4 Å². The van der Waals surface area contributed by atoms with Crippen molar-refractivity contribution >= 4 is 22.0 Å². The van der Waals surface area contributed by atoms with Crippen LogP contribution in [0.2, 0.25) is 0 Å². The predicted molar refractivity (Wildman–Crippen MR) is 52.9 cm³/mol. The van der Waals surface area contributed by atoms with E-state index in [1.165, 1.54) is 0 Å². The first-order chi connectivity index (χ1) is 6.11. The second-order valence-corrected chi connectivity index (χ2v) is 3.43. The zero-order chi connectivity index (χ0) is 9.47. The van der Waals surface area contributed by atoms with Crippen LogP contribution in [0.25, 0.3) is 0 Å². The molecule has 3 nitrogen and oxygen atoms in total. The molecule has 0 radical (unpaired) electrons. The van der Waals surface area contributed by atoms with E-state index in [9.17, 15) is 4.79 Å². The second-order valence-electron chi connectivity index (χ2n) is 3.43. The molecule has 64 valence electrons. The summed E-state index contributed by atoms with van der Waals surface area (Å²) in [6.07, 6.45) is 0.787. The normalized spacial score (nSPS) is 16.9. The molecular weight excluding hydrogens is 166 g/mol. The fourth-order valence-corrected chi connectivity index (χ4v) is 1.31. The first-order valence-electron chi connectivity index (χ1n) is 4.08. The van der Waals surface area contributed by atoms with Gasteiger partial charge in [0.2, 0.25) is 0 Å². The lowest BCUT2D eigenvalue weighted by molar-refractivity contribution is 0.0832. The van der Waals surface area contributed by atoms with Gasteiger partial charge in [0.25, 0.3) is 0 Å². The Hall–Kier alpha value is -1.38. The monoisotopic (exact) mass is 174 g/mol. The first-order valence-corrected chi connectivity index (χ1v) is 4.08. The van der Waals surface area contributed by atoms with Crippen molar-refractivity contribution < 1.29 is 14.3 Å². The first kappa shape index (κ1) is 8.23. The van der Waals surface area contributed by atoms with Gasteiger partial charge in [0, 0.05) is 5.56 Å². The standard InChI is InChI=1S/C8H8B2O3/c9-8(10)12-6-2-1-5(4-11)3-7(6)13-8/h1-4H,9-10H2. The number of carbonyl (C=O) groups excluding carboxylic acids is 1. The van der Waals surface area contributed by atoms with Gasteiger partial charge in [0.15, 0.2) is 32.8 Å². The Balaban J connectivity index is 2.41. The maximum atomic E-state index is 10.5. The average molecular weight is 174 g/mol. The summed E-state index contributed by atoms with van der Waals surface area (Å²) in [6.45, 7) is 0. The summed E-state index contributed by atoms with van der Waals surface area (Å²) in [5, 5.41) is 0. The lowest BCUT2D eigenvalue weighted by Crippen LogP contribution is -2.39. The smallest absolute Gasteiger partial charge is 0.197 e. The van der Waals surface area contributed by atoms with E-state index in [1.807, 2.05) is 15.7 Å². The van der Waals surface area contributed by atoms with Crippen LogP contribution in [-0.4, -0.2) is 27.6 Å². The van der Waals surface area contributed by atoms with Gasteiger partial charge in [-0.15, -0.1) is 0 Å². The Morgan fingerprint density at radius 3 is 2.62 bits per heavy atom. The summed E-state index contributed by atoms with van der Waals surface area (Å²) in [4.78, 5) is 10.5. The number of ether oxygens (including phenoxy) is 2. The minimum atomic E-state index is -0.621. The van der Waals surface area contributed by atoms with Crippen molar-refractivity contribution in [3.63, 3.8) is 0 Å². The van der Waals surface area contributed by atoms with Gasteiger partial charge < -0.3 is 9.47 Å². The van der Waals surface area contributed by atoms with Gasteiger partial charge in [-0.2, -0.15) is 0 Å². The molecule has 0 aliphatic carbocycles. The fourth-order valence-electron chi connectivity index (χ4n) is 1.31. The maximum absolute atomic E-state index is 10.5. The number of fused-ring (bicyclic) bond motifs is 1. The molecule has 0 amide bonds. The molecule has 0 saturated carbocycles. The molecule has 1 aliphatic rings. The van der Waals surface area contributed by atoms with Crippen LogP contribution in [0.3, 0.4) is 0 Å². The van der Waals surface area contributed by atoms with E-state index >= 15 is 0 Å². The van der Waals surface area contributed by atoms with E-state index < -0.39 is 5.59 Å². The van der Waals surface area contributed by atoms with Gasteiger partial charge in [0.05, 0.1) is 0 Å². The van der Waals surface area contributed by atoms with Crippen molar-refractivity contribution in [1.82, 2.24) is 0 Å². The minimum absolute atomic E-state index is 0.597. The van der Waals surface area contributed by atoms with E-state index in [1.54, 1.807) is 18.2 Å². The van der Waals surface area contributed by atoms with Crippen molar-refractivity contribution in [2.75, 3.05) is 0 Å². The average Bonchev–Trinajstić information content (AvgIpc) is 2.36. The molecule has 0 spiro atoms. The van der Waals surface area contributed by atoms with E-state index in [4.69, 9.17) is 9.47 Å². The van der Waals surface area contributed by atoms with Crippen LogP contribution >= 0.6 is 0 Å². The summed E-state index contributed by atoms with van der Waals surface area (Å²) in [5.41, 5.74) is -0.0239. The van der Waals surface area contributed by atoms with Crippen LogP contribution in [0.5, 0.6) is 11.5 Å². The van der Waals surface area contributed by atoms with Crippen LogP contribution in [0.4, 0.5) is 0 Å². The summed E-state index contributed by atoms with van der Waals surface area (Å²) >= 11 is 0. The zero-order valence-electron chi connectivity index (χ0n) is 7.53. The van der Waals surface area contributed by atoms with Crippen molar-refractivity contribution in [3.05, 3.63) is 23.8 Å². The van der Waals surface area contributed by atoms with Gasteiger partial charge in [-0.25, -0.2) is 0 Å². The Morgan fingerprint density at radius 1 is 1.23 bits per heavy atom. The Labute approximate surface area is 77.8 Å². The van der Waals surface area contributed by atoms with E-state index in [2.05, 4.69) is 0 Å². The summed E-state index contributed by atoms with van der Waals surface area (Å²) in [6, 6.07) is 5.13. The van der Waals surface area contributed by atoms with Crippen molar-refractivity contribution in [2.45, 2.75) is 5.59 Å². The number of hydrogen-bond donors (Lipinski definition) is 0. The highest BCUT2D eigenvalue weighted by Crippen LogP contribution is 2.37. The van der Waals surface area contributed by atoms with Gasteiger partial charge in [-0.05, 0) is 18.2 Å². The molecule has 1 aliphatic heterocycles. The summed E-state index contributed by atoms with van der Waals surface area (Å²) < 4.78 is 10.9. The molecule has 0 bridgehead atoms. The molecule has 0 N–H and O–H groups in total. The molecule has 1 aromatic carbocycles. The third-order valence-electron chi connectivity index (χ3n) is 1.82. The molecule has 0 unspecified atom stereocenters. The third-order valence-corrected chi connectivity index (χ3v) is 1.82. The predicted octanol–water partition coefficient (Wildman–Crippen LogP) is -0.852. The molecule has 0 atom stereocenters. The van der Waals surface area contributed by atoms with Crippen LogP contribution in [-0.2, 0) is 0 Å². The van der Waals surface area contributed by atoms with Crippen LogP contribution in [0.15, 0.2) is 18.2 Å². The molecule has 0 fully saturated rings. The number of aldehydes is 1. The van der Waals surface area contributed by atoms with Crippen LogP contribution < -0.4 is 9.47 Å². The third kappa shape index (κ3) is 1.41. The lowest BCUT2D eigenvalue weighted by atomic mass is 9.76. The summed E-state index contributed by atoms with van der Waals surface area (Å²) in [5.74, 6) is 1.32. The van der Waals surface area contributed by atoms with Gasteiger partial charge in [0.1, 0.15) is 6.29 Å². The number of carbonyl (C=O) groups is 1. The number of hydrogen-bond acceptors (Lipinski definition) is 3. The largest absolute Gasteiger partial charge is 0.467 e. The lowest BCUT2D eigenvalue weighted by Gasteiger charge is -2.17. The molecule has 2 rings (SSSR count). The Morgan fingerprint density at radius 2 is 1.92 bits per heavy atom. The topological polar surface area (TPSA) is 35.5 Å². The summed E-state index contributed by atoms with van der Waals surface area (Å²) in [7, 11) is 3.65. The molecule has 0 aromatic heterocycles. The Kier molecular flexibility index (Phi) is 1.62.